The summed E-state index contributed by atoms with van der Waals surface area (Å²) in [5, 5.41) is 9.57. The molecule has 0 radical (unpaired) electrons. The summed E-state index contributed by atoms with van der Waals surface area (Å²) in [5.74, 6) is -0.516. The summed E-state index contributed by atoms with van der Waals surface area (Å²) in [6.07, 6.45) is 1.32. The van der Waals surface area contributed by atoms with Gasteiger partial charge in [-0.3, -0.25) is 9.89 Å². The number of nitrogens with two attached hydrogens (primary N) is 1. The predicted octanol–water partition coefficient (Wildman–Crippen LogP) is 0.703. The van der Waals surface area contributed by atoms with Crippen LogP contribution in [-0.4, -0.2) is 54.0 Å². The Balaban J connectivity index is 0.00000312. The second-order valence-electron chi connectivity index (χ2n) is 7.04. The van der Waals surface area contributed by atoms with Crippen molar-refractivity contribution in [2.75, 3.05) is 19.6 Å². The summed E-state index contributed by atoms with van der Waals surface area (Å²) in [7, 11) is -3.66. The van der Waals surface area contributed by atoms with Crippen molar-refractivity contribution in [2.45, 2.75) is 51.0 Å². The van der Waals surface area contributed by atoms with Crippen molar-refractivity contribution in [2.24, 2.45) is 11.7 Å². The van der Waals surface area contributed by atoms with E-state index in [9.17, 15) is 13.2 Å². The lowest BCUT2D eigenvalue weighted by Crippen LogP contribution is -2.53. The smallest absolute Gasteiger partial charge is 0.246 e. The van der Waals surface area contributed by atoms with Crippen molar-refractivity contribution in [3.8, 4) is 0 Å². The molecule has 1 aromatic heterocycles. The molecule has 2 heterocycles. The van der Waals surface area contributed by atoms with E-state index >= 15 is 0 Å². The van der Waals surface area contributed by atoms with Crippen molar-refractivity contribution < 1.29 is 13.2 Å². The monoisotopic (exact) mass is 393 g/mol. The van der Waals surface area contributed by atoms with Gasteiger partial charge in [-0.25, -0.2) is 8.42 Å². The van der Waals surface area contributed by atoms with Crippen molar-refractivity contribution in [3.05, 3.63) is 11.4 Å². The zero-order valence-electron chi connectivity index (χ0n) is 15.1. The maximum Gasteiger partial charge on any atom is 0.246 e. The normalized spacial score (nSPS) is 19.3. The molecule has 8 nitrogen and oxygen atoms in total. The number of amides is 1. The van der Waals surface area contributed by atoms with E-state index in [1.165, 1.54) is 4.31 Å². The van der Waals surface area contributed by atoms with Gasteiger partial charge >= 0.3 is 0 Å². The number of nitrogens with one attached hydrogen (secondary N) is 2. The molecule has 1 aliphatic rings. The number of halogens is 1. The Labute approximate surface area is 155 Å². The highest BCUT2D eigenvalue weighted by Crippen LogP contribution is 2.27. The largest absolute Gasteiger partial charge is 0.350 e. The highest BCUT2D eigenvalue weighted by atomic mass is 35.5. The lowest BCUT2D eigenvalue weighted by Gasteiger charge is -2.33. The zero-order chi connectivity index (χ0) is 18.1. The number of H-pyrrole nitrogens is 1. The number of hydrogen-bond acceptors (Lipinski definition) is 5. The Bertz CT molecular complexity index is 697. The summed E-state index contributed by atoms with van der Waals surface area (Å²) in [6, 6.07) is 0. The molecule has 1 fully saturated rings. The van der Waals surface area contributed by atoms with Crippen LogP contribution < -0.4 is 11.1 Å². The minimum absolute atomic E-state index is 0. The second-order valence-corrected chi connectivity index (χ2v) is 8.92. The summed E-state index contributed by atoms with van der Waals surface area (Å²) >= 11 is 0. The van der Waals surface area contributed by atoms with Crippen molar-refractivity contribution >= 4 is 28.3 Å². The highest BCUT2D eigenvalue weighted by molar-refractivity contribution is 7.89. The molecule has 1 aliphatic heterocycles. The van der Waals surface area contributed by atoms with E-state index in [-0.39, 0.29) is 35.7 Å². The standard InChI is InChI=1S/C15H27N5O3S.ClH/c1-10-13(11(2)19-18-10)24(22,23)20-7-5-6-12(8-20)14(21)17-15(3,4)9-16;/h12H,5-9,16H2,1-4H3,(H,17,21)(H,18,19);1H. The van der Waals surface area contributed by atoms with Gasteiger partial charge in [-0.05, 0) is 40.5 Å². The number of hydrogen-bond donors (Lipinski definition) is 3. The van der Waals surface area contributed by atoms with Crippen LogP contribution in [-0.2, 0) is 14.8 Å². The number of piperidine rings is 1. The van der Waals surface area contributed by atoms with Gasteiger partial charge in [-0.2, -0.15) is 9.40 Å². The van der Waals surface area contributed by atoms with Crippen LogP contribution in [0.25, 0.3) is 0 Å². The molecule has 1 atom stereocenters. The molecule has 0 aliphatic carbocycles. The molecule has 0 spiro atoms. The van der Waals surface area contributed by atoms with Crippen molar-refractivity contribution in [1.82, 2.24) is 19.8 Å². The minimum atomic E-state index is -3.66. The van der Waals surface area contributed by atoms with E-state index in [0.29, 0.717) is 37.3 Å². The fourth-order valence-corrected chi connectivity index (χ4v) is 4.77. The number of aromatic nitrogens is 2. The van der Waals surface area contributed by atoms with Gasteiger partial charge in [0.15, 0.2) is 0 Å². The number of carbonyl (C=O) groups is 1. The lowest BCUT2D eigenvalue weighted by atomic mass is 9.96. The third-order valence-electron chi connectivity index (χ3n) is 4.39. The Morgan fingerprint density at radius 2 is 2.08 bits per heavy atom. The molecule has 10 heteroatoms. The van der Waals surface area contributed by atoms with E-state index in [2.05, 4.69) is 15.5 Å². The van der Waals surface area contributed by atoms with Crippen molar-refractivity contribution in [3.63, 3.8) is 0 Å². The summed E-state index contributed by atoms with van der Waals surface area (Å²) in [4.78, 5) is 12.7. The summed E-state index contributed by atoms with van der Waals surface area (Å²) in [5.41, 5.74) is 6.11. The molecule has 25 heavy (non-hydrogen) atoms. The molecular weight excluding hydrogens is 366 g/mol. The van der Waals surface area contributed by atoms with Gasteiger partial charge in [0, 0.05) is 25.2 Å². The van der Waals surface area contributed by atoms with E-state index in [4.69, 9.17) is 5.73 Å². The van der Waals surface area contributed by atoms with E-state index in [1.54, 1.807) is 13.8 Å². The van der Waals surface area contributed by atoms with E-state index in [1.807, 2.05) is 13.8 Å². The number of nitrogens with zero attached hydrogens (tertiary/aromatic N) is 2. The van der Waals surface area contributed by atoms with Gasteiger partial charge in [0.1, 0.15) is 4.90 Å². The molecule has 0 bridgehead atoms. The summed E-state index contributed by atoms with van der Waals surface area (Å²) < 4.78 is 27.2. The third-order valence-corrected chi connectivity index (χ3v) is 6.51. The van der Waals surface area contributed by atoms with Crippen LogP contribution in [0.3, 0.4) is 0 Å². The fourth-order valence-electron chi connectivity index (χ4n) is 2.91. The SMILES string of the molecule is Cc1n[nH]c(C)c1S(=O)(=O)N1CCCC(C(=O)NC(C)(C)CN)C1.Cl. The maximum atomic E-state index is 12.9. The van der Waals surface area contributed by atoms with E-state index in [0.717, 1.165) is 0 Å². The van der Waals surface area contributed by atoms with Crippen LogP contribution >= 0.6 is 12.4 Å². The van der Waals surface area contributed by atoms with Crippen LogP contribution in [0.1, 0.15) is 38.1 Å². The highest BCUT2D eigenvalue weighted by Gasteiger charge is 2.36. The average Bonchev–Trinajstić information content (AvgIpc) is 2.86. The van der Waals surface area contributed by atoms with Gasteiger partial charge < -0.3 is 11.1 Å². The number of sulfonamides is 1. The minimum Gasteiger partial charge on any atom is -0.350 e. The molecule has 4 N–H and O–H groups in total. The Kier molecular flexibility index (Phi) is 7.03. The van der Waals surface area contributed by atoms with Gasteiger partial charge in [-0.15, -0.1) is 12.4 Å². The number of carbonyl (C=O) groups excluding carboxylic acids is 1. The van der Waals surface area contributed by atoms with Gasteiger partial charge in [0.25, 0.3) is 0 Å². The zero-order valence-corrected chi connectivity index (χ0v) is 16.8. The van der Waals surface area contributed by atoms with Gasteiger partial charge in [-0.1, -0.05) is 0 Å². The number of aromatic amines is 1. The van der Waals surface area contributed by atoms with Gasteiger partial charge in [0.2, 0.25) is 15.9 Å². The lowest BCUT2D eigenvalue weighted by molar-refractivity contribution is -0.127. The molecule has 1 saturated heterocycles. The molecule has 1 amide bonds. The molecule has 144 valence electrons. The Morgan fingerprint density at radius 3 is 2.60 bits per heavy atom. The molecule has 1 unspecified atom stereocenters. The second kappa shape index (κ2) is 8.03. The maximum absolute atomic E-state index is 12.9. The first kappa shape index (κ1) is 21.9. The van der Waals surface area contributed by atoms with Crippen LogP contribution in [0.2, 0.25) is 0 Å². The molecule has 2 rings (SSSR count). The molecule has 1 aromatic rings. The predicted molar refractivity (Wildman–Crippen MR) is 98.1 cm³/mol. The molecule has 0 aromatic carbocycles. The molecular formula is C15H28ClN5O3S. The van der Waals surface area contributed by atoms with Crippen LogP contribution in [0.4, 0.5) is 0 Å². The number of rotatable bonds is 5. The average molecular weight is 394 g/mol. The Morgan fingerprint density at radius 1 is 1.44 bits per heavy atom. The summed E-state index contributed by atoms with van der Waals surface area (Å²) in [6.45, 7) is 7.95. The Hall–Kier alpha value is -1.16. The van der Waals surface area contributed by atoms with Crippen molar-refractivity contribution in [1.29, 1.82) is 0 Å². The first-order valence-electron chi connectivity index (χ1n) is 8.12. The van der Waals surface area contributed by atoms with Crippen LogP contribution in [0.5, 0.6) is 0 Å². The van der Waals surface area contributed by atoms with Crippen LogP contribution in [0, 0.1) is 19.8 Å². The fraction of sp³-hybridized carbons (Fsp3) is 0.733. The molecule has 0 saturated carbocycles. The first-order chi connectivity index (χ1) is 11.1. The van der Waals surface area contributed by atoms with Crippen LogP contribution in [0.15, 0.2) is 4.90 Å². The first-order valence-corrected chi connectivity index (χ1v) is 9.56. The van der Waals surface area contributed by atoms with E-state index < -0.39 is 15.6 Å². The van der Waals surface area contributed by atoms with Gasteiger partial charge in [0.05, 0.1) is 17.3 Å². The third kappa shape index (κ3) is 4.72. The number of aryl methyl sites for hydroxylation is 2. The topological polar surface area (TPSA) is 121 Å². The quantitative estimate of drug-likeness (QED) is 0.679.